The molecule has 2 aromatic heterocycles. The molecule has 2 heterocycles. The van der Waals surface area contributed by atoms with Crippen LogP contribution < -0.4 is 5.56 Å². The summed E-state index contributed by atoms with van der Waals surface area (Å²) in [5.41, 5.74) is 1.77. The Labute approximate surface area is 121 Å². The first kappa shape index (κ1) is 13.2. The Kier molecular flexibility index (Phi) is 3.59. The number of hydrogen-bond acceptors (Lipinski definition) is 4. The van der Waals surface area contributed by atoms with Gasteiger partial charge in [0.15, 0.2) is 11.2 Å². The van der Waals surface area contributed by atoms with Gasteiger partial charge in [-0.1, -0.05) is 47.7 Å². The minimum absolute atomic E-state index is 0.169. The van der Waals surface area contributed by atoms with Crippen LogP contribution in [0.15, 0.2) is 47.5 Å². The topological polar surface area (TPSA) is 65.6 Å². The number of aromatic nitrogens is 5. The quantitative estimate of drug-likeness (QED) is 0.730. The smallest absolute Gasteiger partial charge is 0.283 e. The Hall–Kier alpha value is -2.76. The predicted octanol–water partition coefficient (Wildman–Crippen LogP) is 1.72. The van der Waals surface area contributed by atoms with Gasteiger partial charge in [-0.05, 0) is 12.5 Å². The largest absolute Gasteiger partial charge is 0.293 e. The molecule has 0 bridgehead atoms. The Morgan fingerprint density at radius 3 is 2.81 bits per heavy atom. The first-order valence-corrected chi connectivity index (χ1v) is 6.80. The number of hydrogen-bond donors (Lipinski definition) is 0. The lowest BCUT2D eigenvalue weighted by molar-refractivity contribution is 0.640. The fraction of sp³-hybridized carbons (Fsp3) is 0.200. The number of fused-ring (bicyclic) bond motifs is 1. The van der Waals surface area contributed by atoms with Gasteiger partial charge in [0.2, 0.25) is 0 Å². The van der Waals surface area contributed by atoms with Gasteiger partial charge in [0.25, 0.3) is 5.56 Å². The second-order valence-corrected chi connectivity index (χ2v) is 4.59. The molecule has 106 valence electrons. The summed E-state index contributed by atoms with van der Waals surface area (Å²) in [6, 6.07) is 9.93. The van der Waals surface area contributed by atoms with Gasteiger partial charge in [-0.25, -0.2) is 9.67 Å². The highest BCUT2D eigenvalue weighted by atomic mass is 16.1. The molecule has 0 saturated heterocycles. The van der Waals surface area contributed by atoms with Crippen molar-refractivity contribution >= 4 is 17.2 Å². The van der Waals surface area contributed by atoms with Crippen molar-refractivity contribution in [3.63, 3.8) is 0 Å². The van der Waals surface area contributed by atoms with Crippen LogP contribution in [0.3, 0.4) is 0 Å². The number of allylic oxidation sites excluding steroid dienone is 1. The van der Waals surface area contributed by atoms with Crippen LogP contribution in [0.4, 0.5) is 0 Å². The van der Waals surface area contributed by atoms with Crippen molar-refractivity contribution in [2.75, 3.05) is 0 Å². The highest BCUT2D eigenvalue weighted by molar-refractivity contribution is 5.67. The molecule has 6 nitrogen and oxygen atoms in total. The van der Waals surface area contributed by atoms with Crippen LogP contribution in [-0.2, 0) is 13.1 Å². The Balaban J connectivity index is 1.86. The minimum Gasteiger partial charge on any atom is -0.293 e. The Morgan fingerprint density at radius 1 is 1.24 bits per heavy atom. The maximum absolute atomic E-state index is 12.3. The first-order valence-electron chi connectivity index (χ1n) is 6.80. The Morgan fingerprint density at radius 2 is 2.05 bits per heavy atom. The van der Waals surface area contributed by atoms with Crippen LogP contribution in [0.2, 0.25) is 0 Å². The van der Waals surface area contributed by atoms with E-state index in [1.54, 1.807) is 4.68 Å². The molecule has 3 rings (SSSR count). The summed E-state index contributed by atoms with van der Waals surface area (Å²) >= 11 is 0. The fourth-order valence-corrected chi connectivity index (χ4v) is 2.10. The summed E-state index contributed by atoms with van der Waals surface area (Å²) < 4.78 is 3.14. The maximum atomic E-state index is 12.3. The normalized spacial score (nSPS) is 11.5. The Bertz CT molecular complexity index is 832. The van der Waals surface area contributed by atoms with Crippen LogP contribution >= 0.6 is 0 Å². The summed E-state index contributed by atoms with van der Waals surface area (Å²) in [5.74, 6) is 0. The van der Waals surface area contributed by atoms with Crippen LogP contribution in [0.5, 0.6) is 0 Å². The molecule has 1 aromatic carbocycles. The van der Waals surface area contributed by atoms with E-state index in [0.717, 1.165) is 5.56 Å². The summed E-state index contributed by atoms with van der Waals surface area (Å²) in [4.78, 5) is 16.5. The molecule has 0 fully saturated rings. The lowest BCUT2D eigenvalue weighted by Crippen LogP contribution is -2.20. The molecule has 0 spiro atoms. The molecule has 0 aliphatic rings. The van der Waals surface area contributed by atoms with Crippen LogP contribution in [0, 0.1) is 0 Å². The van der Waals surface area contributed by atoms with Crippen molar-refractivity contribution in [3.05, 3.63) is 58.7 Å². The van der Waals surface area contributed by atoms with Crippen molar-refractivity contribution < 1.29 is 0 Å². The van der Waals surface area contributed by atoms with Crippen LogP contribution in [0.1, 0.15) is 12.5 Å². The molecule has 0 N–H and O–H groups in total. The summed E-state index contributed by atoms with van der Waals surface area (Å²) in [7, 11) is 0. The van der Waals surface area contributed by atoms with Crippen molar-refractivity contribution in [2.24, 2.45) is 0 Å². The van der Waals surface area contributed by atoms with Crippen molar-refractivity contribution in [1.29, 1.82) is 0 Å². The average Bonchev–Trinajstić information content (AvgIpc) is 2.94. The second kappa shape index (κ2) is 5.70. The summed E-state index contributed by atoms with van der Waals surface area (Å²) in [6.07, 6.45) is 5.43. The molecular formula is C15H15N5O. The lowest BCUT2D eigenvalue weighted by atomic mass is 10.2. The number of benzene rings is 1. The third kappa shape index (κ3) is 2.60. The van der Waals surface area contributed by atoms with E-state index in [-0.39, 0.29) is 5.56 Å². The number of nitrogens with zero attached hydrogens (tertiary/aromatic N) is 5. The first-order chi connectivity index (χ1) is 10.3. The van der Waals surface area contributed by atoms with E-state index in [1.165, 1.54) is 10.9 Å². The zero-order valence-corrected chi connectivity index (χ0v) is 11.7. The molecular weight excluding hydrogens is 266 g/mol. The van der Waals surface area contributed by atoms with E-state index in [4.69, 9.17) is 0 Å². The van der Waals surface area contributed by atoms with Gasteiger partial charge < -0.3 is 0 Å². The minimum atomic E-state index is -0.169. The standard InChI is InChI=1S/C15H15N5O/c1-2-20-14-13(17-18-20)15(21)19(11-16-14)10-6-9-12-7-4-3-5-8-12/h3-9,11H,2,10H2,1H3/b9-6+. The summed E-state index contributed by atoms with van der Waals surface area (Å²) in [5, 5.41) is 7.83. The lowest BCUT2D eigenvalue weighted by Gasteiger charge is -2.01. The van der Waals surface area contributed by atoms with E-state index in [2.05, 4.69) is 15.3 Å². The average molecular weight is 281 g/mol. The van der Waals surface area contributed by atoms with Crippen LogP contribution in [-0.4, -0.2) is 24.5 Å². The maximum Gasteiger partial charge on any atom is 0.283 e. The SMILES string of the molecule is CCn1nnc2c(=O)n(C/C=C/c3ccccc3)cnc21. The van der Waals surface area contributed by atoms with E-state index >= 15 is 0 Å². The van der Waals surface area contributed by atoms with Crippen molar-refractivity contribution in [2.45, 2.75) is 20.0 Å². The third-order valence-electron chi connectivity index (χ3n) is 3.20. The molecule has 0 amide bonds. The van der Waals surface area contributed by atoms with Gasteiger partial charge in [0.1, 0.15) is 6.33 Å². The molecule has 3 aromatic rings. The third-order valence-corrected chi connectivity index (χ3v) is 3.20. The highest BCUT2D eigenvalue weighted by Crippen LogP contribution is 2.03. The highest BCUT2D eigenvalue weighted by Gasteiger charge is 2.09. The van der Waals surface area contributed by atoms with E-state index in [9.17, 15) is 4.79 Å². The molecule has 0 saturated carbocycles. The van der Waals surface area contributed by atoms with Gasteiger partial charge >= 0.3 is 0 Å². The molecule has 0 aliphatic carbocycles. The molecule has 0 radical (unpaired) electrons. The fourth-order valence-electron chi connectivity index (χ4n) is 2.10. The molecule has 6 heteroatoms. The second-order valence-electron chi connectivity index (χ2n) is 4.59. The van der Waals surface area contributed by atoms with Crippen LogP contribution in [0.25, 0.3) is 17.2 Å². The zero-order chi connectivity index (χ0) is 14.7. The predicted molar refractivity (Wildman–Crippen MR) is 80.7 cm³/mol. The van der Waals surface area contributed by atoms with Gasteiger partial charge in [-0.2, -0.15) is 0 Å². The zero-order valence-electron chi connectivity index (χ0n) is 11.7. The van der Waals surface area contributed by atoms with Gasteiger partial charge in [0, 0.05) is 13.1 Å². The number of aryl methyl sites for hydroxylation is 1. The van der Waals surface area contributed by atoms with E-state index in [0.29, 0.717) is 24.3 Å². The van der Waals surface area contributed by atoms with Gasteiger partial charge in [-0.15, -0.1) is 5.10 Å². The van der Waals surface area contributed by atoms with E-state index in [1.807, 2.05) is 49.4 Å². The number of rotatable bonds is 4. The molecule has 0 atom stereocenters. The van der Waals surface area contributed by atoms with E-state index < -0.39 is 0 Å². The molecule has 0 aliphatic heterocycles. The monoisotopic (exact) mass is 281 g/mol. The molecule has 0 unspecified atom stereocenters. The van der Waals surface area contributed by atoms with Gasteiger partial charge in [-0.3, -0.25) is 9.36 Å². The summed E-state index contributed by atoms with van der Waals surface area (Å²) in [6.45, 7) is 3.03. The molecule has 21 heavy (non-hydrogen) atoms. The van der Waals surface area contributed by atoms with Crippen molar-refractivity contribution in [1.82, 2.24) is 24.5 Å². The van der Waals surface area contributed by atoms with Crippen molar-refractivity contribution in [3.8, 4) is 0 Å². The van der Waals surface area contributed by atoms with Gasteiger partial charge in [0.05, 0.1) is 0 Å².